The van der Waals surface area contributed by atoms with Gasteiger partial charge in [0.15, 0.2) is 0 Å². The van der Waals surface area contributed by atoms with E-state index in [9.17, 15) is 4.79 Å². The lowest BCUT2D eigenvalue weighted by Crippen LogP contribution is -2.46. The van der Waals surface area contributed by atoms with E-state index >= 15 is 0 Å². The molecule has 2 heterocycles. The molecule has 1 amide bonds. The van der Waals surface area contributed by atoms with Crippen LogP contribution in [0.4, 0.5) is 0 Å². The third-order valence-corrected chi connectivity index (χ3v) is 5.01. The van der Waals surface area contributed by atoms with Gasteiger partial charge in [0.1, 0.15) is 5.75 Å². The molecule has 0 atom stereocenters. The van der Waals surface area contributed by atoms with Crippen molar-refractivity contribution in [2.24, 2.45) is 5.92 Å². The molecular weight excluding hydrogens is 316 g/mol. The van der Waals surface area contributed by atoms with Gasteiger partial charge in [0.2, 0.25) is 5.91 Å². The Labute approximate surface area is 150 Å². The molecule has 2 aliphatic rings. The quantitative estimate of drug-likeness (QED) is 0.822. The number of nitrogens with zero attached hydrogens (tertiary/aromatic N) is 2. The second-order valence-electron chi connectivity index (χ2n) is 6.74. The number of hydrogen-bond donors (Lipinski definition) is 0. The zero-order valence-corrected chi connectivity index (χ0v) is 15.0. The predicted octanol–water partition coefficient (Wildman–Crippen LogP) is 2.28. The molecule has 5 heteroatoms. The Morgan fingerprint density at radius 3 is 2.72 bits per heavy atom. The molecule has 2 aliphatic heterocycles. The molecular formula is C20H28N2O3. The highest BCUT2D eigenvalue weighted by Crippen LogP contribution is 2.21. The molecule has 0 bridgehead atoms. The van der Waals surface area contributed by atoms with E-state index in [1.54, 1.807) is 7.11 Å². The average molecular weight is 344 g/mol. The third-order valence-electron chi connectivity index (χ3n) is 5.01. The van der Waals surface area contributed by atoms with Gasteiger partial charge in [-0.3, -0.25) is 9.69 Å². The van der Waals surface area contributed by atoms with E-state index < -0.39 is 0 Å². The van der Waals surface area contributed by atoms with Crippen LogP contribution in [0, 0.1) is 5.92 Å². The smallest absolute Gasteiger partial charge is 0.236 e. The summed E-state index contributed by atoms with van der Waals surface area (Å²) in [6, 6.07) is 8.08. The summed E-state index contributed by atoms with van der Waals surface area (Å²) >= 11 is 0. The van der Waals surface area contributed by atoms with Gasteiger partial charge in [-0.25, -0.2) is 0 Å². The van der Waals surface area contributed by atoms with Gasteiger partial charge in [0, 0.05) is 26.2 Å². The lowest BCUT2D eigenvalue weighted by atomic mass is 9.95. The van der Waals surface area contributed by atoms with E-state index in [4.69, 9.17) is 9.47 Å². The maximum absolute atomic E-state index is 12.4. The molecule has 25 heavy (non-hydrogen) atoms. The molecule has 0 saturated carbocycles. The van der Waals surface area contributed by atoms with E-state index in [-0.39, 0.29) is 5.91 Å². The van der Waals surface area contributed by atoms with Crippen molar-refractivity contribution in [1.82, 2.24) is 9.80 Å². The highest BCUT2D eigenvalue weighted by molar-refractivity contribution is 5.78. The Hall–Kier alpha value is -1.85. The number of carbonyl (C=O) groups is 1. The fourth-order valence-electron chi connectivity index (χ4n) is 3.38. The van der Waals surface area contributed by atoms with Crippen molar-refractivity contribution < 1.29 is 14.3 Å². The van der Waals surface area contributed by atoms with Crippen molar-refractivity contribution in [3.63, 3.8) is 0 Å². The number of rotatable bonds is 5. The second kappa shape index (κ2) is 9.02. The van der Waals surface area contributed by atoms with Crippen LogP contribution in [0.1, 0.15) is 18.4 Å². The first-order valence-corrected chi connectivity index (χ1v) is 9.15. The molecule has 0 spiro atoms. The largest absolute Gasteiger partial charge is 0.497 e. The summed E-state index contributed by atoms with van der Waals surface area (Å²) in [7, 11) is 1.69. The first-order chi connectivity index (χ1) is 12.2. The highest BCUT2D eigenvalue weighted by atomic mass is 16.5. The molecule has 0 radical (unpaired) electrons. The molecule has 3 rings (SSSR count). The number of hydrogen-bond acceptors (Lipinski definition) is 4. The van der Waals surface area contributed by atoms with Gasteiger partial charge in [-0.1, -0.05) is 24.3 Å². The molecule has 0 unspecified atom stereocenters. The molecule has 0 aliphatic carbocycles. The predicted molar refractivity (Wildman–Crippen MR) is 98.6 cm³/mol. The Kier molecular flexibility index (Phi) is 6.48. The Morgan fingerprint density at radius 1 is 1.24 bits per heavy atom. The van der Waals surface area contributed by atoms with Crippen molar-refractivity contribution in [2.45, 2.75) is 12.8 Å². The van der Waals surface area contributed by atoms with Gasteiger partial charge in [-0.15, -0.1) is 0 Å². The number of carbonyl (C=O) groups excluding carboxylic acids is 1. The van der Waals surface area contributed by atoms with Crippen molar-refractivity contribution in [1.29, 1.82) is 0 Å². The summed E-state index contributed by atoms with van der Waals surface area (Å²) in [5.74, 6) is 1.68. The van der Waals surface area contributed by atoms with Crippen molar-refractivity contribution in [3.8, 4) is 5.75 Å². The monoisotopic (exact) mass is 344 g/mol. The van der Waals surface area contributed by atoms with Gasteiger partial charge < -0.3 is 14.4 Å². The highest BCUT2D eigenvalue weighted by Gasteiger charge is 2.23. The maximum Gasteiger partial charge on any atom is 0.236 e. The van der Waals surface area contributed by atoms with E-state index in [0.29, 0.717) is 12.5 Å². The Bertz CT molecular complexity index is 588. The summed E-state index contributed by atoms with van der Waals surface area (Å²) in [6.45, 7) is 5.46. The number of benzene rings is 1. The molecule has 0 N–H and O–H groups in total. The fourth-order valence-corrected chi connectivity index (χ4v) is 3.38. The van der Waals surface area contributed by atoms with E-state index in [1.165, 1.54) is 0 Å². The third kappa shape index (κ3) is 5.31. The molecule has 5 nitrogen and oxygen atoms in total. The normalized spacial score (nSPS) is 20.1. The van der Waals surface area contributed by atoms with Crippen LogP contribution >= 0.6 is 0 Å². The lowest BCUT2D eigenvalue weighted by Gasteiger charge is -2.33. The summed E-state index contributed by atoms with van der Waals surface area (Å²) in [4.78, 5) is 16.6. The summed E-state index contributed by atoms with van der Waals surface area (Å²) in [5.41, 5.74) is 1.16. The maximum atomic E-state index is 12.4. The van der Waals surface area contributed by atoms with Crippen LogP contribution < -0.4 is 4.74 Å². The number of morpholine rings is 1. The fraction of sp³-hybridized carbons (Fsp3) is 0.550. The van der Waals surface area contributed by atoms with E-state index in [0.717, 1.165) is 63.5 Å². The minimum atomic E-state index is 0.261. The Balaban J connectivity index is 1.44. The zero-order valence-electron chi connectivity index (χ0n) is 15.0. The molecule has 2 fully saturated rings. The van der Waals surface area contributed by atoms with Crippen LogP contribution in [0.3, 0.4) is 0 Å². The number of amides is 1. The topological polar surface area (TPSA) is 42.0 Å². The summed E-state index contributed by atoms with van der Waals surface area (Å²) in [5, 5.41) is 0. The molecule has 0 aromatic heterocycles. The van der Waals surface area contributed by atoms with Gasteiger partial charge in [0.25, 0.3) is 0 Å². The van der Waals surface area contributed by atoms with Crippen molar-refractivity contribution in [2.75, 3.05) is 53.0 Å². The zero-order chi connectivity index (χ0) is 17.5. The van der Waals surface area contributed by atoms with Gasteiger partial charge in [-0.2, -0.15) is 0 Å². The van der Waals surface area contributed by atoms with Crippen molar-refractivity contribution in [3.05, 3.63) is 35.9 Å². The van der Waals surface area contributed by atoms with Crippen LogP contribution in [0.25, 0.3) is 6.08 Å². The Morgan fingerprint density at radius 2 is 2.00 bits per heavy atom. The van der Waals surface area contributed by atoms with Crippen LogP contribution in [-0.2, 0) is 9.53 Å². The summed E-state index contributed by atoms with van der Waals surface area (Å²) in [6.07, 6.45) is 6.52. The molecule has 2 saturated heterocycles. The van der Waals surface area contributed by atoms with E-state index in [2.05, 4.69) is 23.1 Å². The summed E-state index contributed by atoms with van der Waals surface area (Å²) < 4.78 is 10.6. The van der Waals surface area contributed by atoms with Crippen molar-refractivity contribution >= 4 is 12.0 Å². The first kappa shape index (κ1) is 18.0. The minimum absolute atomic E-state index is 0.261. The minimum Gasteiger partial charge on any atom is -0.497 e. The van der Waals surface area contributed by atoms with Crippen LogP contribution in [-0.4, -0.2) is 68.8 Å². The molecule has 1 aromatic carbocycles. The number of likely N-dealkylation sites (tertiary alicyclic amines) is 1. The lowest BCUT2D eigenvalue weighted by molar-refractivity contribution is -0.134. The number of ether oxygens (including phenoxy) is 2. The second-order valence-corrected chi connectivity index (χ2v) is 6.74. The number of piperidine rings is 1. The standard InChI is InChI=1S/C20H28N2O3/c1-24-19-4-2-3-18(15-19)6-5-17-7-9-22(10-8-17)20(23)16-21-11-13-25-14-12-21/h2-6,15,17H,7-14,16H2,1H3/b6-5+. The van der Waals surface area contributed by atoms with Gasteiger partial charge >= 0.3 is 0 Å². The first-order valence-electron chi connectivity index (χ1n) is 9.15. The van der Waals surface area contributed by atoms with Crippen LogP contribution in [0.15, 0.2) is 30.3 Å². The van der Waals surface area contributed by atoms with Crippen LogP contribution in [0.2, 0.25) is 0 Å². The van der Waals surface area contributed by atoms with Gasteiger partial charge in [0.05, 0.1) is 26.9 Å². The number of allylic oxidation sites excluding steroid dienone is 1. The van der Waals surface area contributed by atoms with Gasteiger partial charge in [-0.05, 0) is 36.5 Å². The molecule has 1 aromatic rings. The number of methoxy groups -OCH3 is 1. The van der Waals surface area contributed by atoms with E-state index in [1.807, 2.05) is 23.1 Å². The van der Waals surface area contributed by atoms with Crippen LogP contribution in [0.5, 0.6) is 5.75 Å². The SMILES string of the molecule is COc1cccc(/C=C/C2CCN(C(=O)CN3CCOCC3)CC2)c1. The average Bonchev–Trinajstić information content (AvgIpc) is 2.67. The molecule has 136 valence electrons.